The van der Waals surface area contributed by atoms with Crippen LogP contribution in [0.1, 0.15) is 12.5 Å². The lowest BCUT2D eigenvalue weighted by atomic mass is 10.2. The van der Waals surface area contributed by atoms with Crippen LogP contribution in [0.2, 0.25) is 0 Å². The molecular formula is C9H11O3P. The Balaban J connectivity index is 2.43. The quantitative estimate of drug-likeness (QED) is 0.682. The summed E-state index contributed by atoms with van der Waals surface area (Å²) < 4.78 is 22.3. The number of hydrogen-bond donors (Lipinski definition) is 0. The van der Waals surface area contributed by atoms with E-state index < -0.39 is 7.60 Å². The Morgan fingerprint density at radius 3 is 3.08 bits per heavy atom. The van der Waals surface area contributed by atoms with Gasteiger partial charge in [-0.2, -0.15) is 0 Å². The van der Waals surface area contributed by atoms with Gasteiger partial charge in [-0.15, -0.1) is 0 Å². The van der Waals surface area contributed by atoms with Gasteiger partial charge in [0.25, 0.3) is 0 Å². The number of fused-ring (bicyclic) bond motifs is 1. The van der Waals surface area contributed by atoms with E-state index in [2.05, 4.69) is 0 Å². The third kappa shape index (κ3) is 1.44. The molecule has 0 saturated carbocycles. The minimum absolute atomic E-state index is 0.396. The maximum atomic E-state index is 12.0. The van der Waals surface area contributed by atoms with E-state index in [0.29, 0.717) is 13.2 Å². The summed E-state index contributed by atoms with van der Waals surface area (Å²) in [7, 11) is -2.96. The van der Waals surface area contributed by atoms with Gasteiger partial charge in [-0.1, -0.05) is 18.2 Å². The van der Waals surface area contributed by atoms with E-state index in [1.165, 1.54) is 0 Å². The fourth-order valence-corrected chi connectivity index (χ4v) is 3.16. The van der Waals surface area contributed by atoms with Crippen LogP contribution in [-0.2, 0) is 20.2 Å². The average Bonchev–Trinajstić information content (AvgIpc) is 2.46. The fourth-order valence-electron chi connectivity index (χ4n) is 1.40. The molecule has 2 rings (SSSR count). The van der Waals surface area contributed by atoms with Crippen molar-refractivity contribution in [2.24, 2.45) is 0 Å². The molecule has 4 heteroatoms. The summed E-state index contributed by atoms with van der Waals surface area (Å²) in [6.45, 7) is 2.61. The highest BCUT2D eigenvalue weighted by molar-refractivity contribution is 7.62. The summed E-state index contributed by atoms with van der Waals surface area (Å²) >= 11 is 0. The van der Waals surface area contributed by atoms with Gasteiger partial charge in [0.2, 0.25) is 0 Å². The summed E-state index contributed by atoms with van der Waals surface area (Å²) in [5, 5.41) is 0.719. The Morgan fingerprint density at radius 1 is 1.54 bits per heavy atom. The van der Waals surface area contributed by atoms with Crippen molar-refractivity contribution in [1.29, 1.82) is 0 Å². The highest BCUT2D eigenvalue weighted by Gasteiger charge is 2.35. The number of rotatable bonds is 2. The van der Waals surface area contributed by atoms with Gasteiger partial charge in [0.15, 0.2) is 0 Å². The molecule has 0 saturated heterocycles. The highest BCUT2D eigenvalue weighted by atomic mass is 31.2. The first kappa shape index (κ1) is 8.95. The molecule has 3 nitrogen and oxygen atoms in total. The zero-order chi connectivity index (χ0) is 9.31. The first-order chi connectivity index (χ1) is 6.26. The molecule has 0 N–H and O–H groups in total. The first-order valence-corrected chi connectivity index (χ1v) is 5.78. The summed E-state index contributed by atoms with van der Waals surface area (Å²) in [4.78, 5) is 0. The lowest BCUT2D eigenvalue weighted by molar-refractivity contribution is 0.225. The molecule has 1 aromatic carbocycles. The van der Waals surface area contributed by atoms with Gasteiger partial charge in [0.1, 0.15) is 0 Å². The molecule has 13 heavy (non-hydrogen) atoms. The van der Waals surface area contributed by atoms with Gasteiger partial charge in [-0.05, 0) is 18.6 Å². The van der Waals surface area contributed by atoms with E-state index in [9.17, 15) is 4.57 Å². The average molecular weight is 198 g/mol. The van der Waals surface area contributed by atoms with E-state index in [0.717, 1.165) is 10.9 Å². The molecule has 1 unspecified atom stereocenters. The van der Waals surface area contributed by atoms with Crippen LogP contribution in [0.25, 0.3) is 0 Å². The van der Waals surface area contributed by atoms with Crippen LogP contribution in [0.5, 0.6) is 0 Å². The molecule has 0 spiro atoms. The van der Waals surface area contributed by atoms with Crippen molar-refractivity contribution in [3.8, 4) is 0 Å². The third-order valence-corrected chi connectivity index (χ3v) is 4.07. The SMILES string of the molecule is CCOP1(=O)OCc2ccccc21. The lowest BCUT2D eigenvalue weighted by Gasteiger charge is -2.10. The largest absolute Gasteiger partial charge is 0.362 e. The molecule has 0 amide bonds. The van der Waals surface area contributed by atoms with Crippen LogP contribution in [0.3, 0.4) is 0 Å². The topological polar surface area (TPSA) is 35.5 Å². The van der Waals surface area contributed by atoms with Gasteiger partial charge < -0.3 is 9.05 Å². The van der Waals surface area contributed by atoms with Crippen molar-refractivity contribution >= 4 is 12.9 Å². The molecule has 70 valence electrons. The van der Waals surface area contributed by atoms with Crippen LogP contribution in [0.4, 0.5) is 0 Å². The standard InChI is InChI=1S/C9H11O3P/c1-2-11-13(10)9-6-4-3-5-8(9)7-12-13/h3-6H,2,7H2,1H3. The van der Waals surface area contributed by atoms with Gasteiger partial charge in [-0.25, -0.2) is 0 Å². The predicted octanol–water partition coefficient (Wildman–Crippen LogP) is 2.07. The normalized spacial score (nSPS) is 25.9. The van der Waals surface area contributed by atoms with Crippen molar-refractivity contribution in [2.45, 2.75) is 13.5 Å². The Hall–Kier alpha value is -0.630. The third-order valence-electron chi connectivity index (χ3n) is 1.98. The monoisotopic (exact) mass is 198 g/mol. The van der Waals surface area contributed by atoms with Gasteiger partial charge in [-0.3, -0.25) is 4.57 Å². The molecular weight excluding hydrogens is 187 g/mol. The maximum Gasteiger partial charge on any atom is 0.362 e. The molecule has 0 bridgehead atoms. The summed E-state index contributed by atoms with van der Waals surface area (Å²) in [5.74, 6) is 0. The van der Waals surface area contributed by atoms with E-state index in [1.54, 1.807) is 6.07 Å². The number of benzene rings is 1. The smallest absolute Gasteiger partial charge is 0.305 e. The minimum Gasteiger partial charge on any atom is -0.305 e. The van der Waals surface area contributed by atoms with E-state index >= 15 is 0 Å². The predicted molar refractivity (Wildman–Crippen MR) is 50.1 cm³/mol. The Bertz CT molecular complexity index is 356. The Labute approximate surface area is 77.2 Å². The van der Waals surface area contributed by atoms with Gasteiger partial charge in [0.05, 0.1) is 18.5 Å². The van der Waals surface area contributed by atoms with Crippen LogP contribution in [0, 0.1) is 0 Å². The second-order valence-electron chi connectivity index (χ2n) is 2.82. The zero-order valence-electron chi connectivity index (χ0n) is 7.40. The first-order valence-electron chi connectivity index (χ1n) is 4.24. The fraction of sp³-hybridized carbons (Fsp3) is 0.333. The lowest BCUT2D eigenvalue weighted by Crippen LogP contribution is -2.05. The molecule has 0 fully saturated rings. The van der Waals surface area contributed by atoms with Crippen LogP contribution >= 0.6 is 7.60 Å². The van der Waals surface area contributed by atoms with E-state index in [-0.39, 0.29) is 0 Å². The van der Waals surface area contributed by atoms with Gasteiger partial charge in [0, 0.05) is 0 Å². The van der Waals surface area contributed by atoms with Crippen molar-refractivity contribution in [3.05, 3.63) is 29.8 Å². The molecule has 0 aromatic heterocycles. The second kappa shape index (κ2) is 3.26. The van der Waals surface area contributed by atoms with Gasteiger partial charge >= 0.3 is 7.60 Å². The Kier molecular flexibility index (Phi) is 2.24. The molecule has 1 heterocycles. The van der Waals surface area contributed by atoms with Crippen molar-refractivity contribution in [3.63, 3.8) is 0 Å². The maximum absolute atomic E-state index is 12.0. The van der Waals surface area contributed by atoms with Crippen molar-refractivity contribution in [2.75, 3.05) is 6.61 Å². The Morgan fingerprint density at radius 2 is 2.31 bits per heavy atom. The molecule has 0 radical (unpaired) electrons. The molecule has 1 atom stereocenters. The number of hydrogen-bond acceptors (Lipinski definition) is 3. The van der Waals surface area contributed by atoms with Crippen LogP contribution in [0.15, 0.2) is 24.3 Å². The highest BCUT2D eigenvalue weighted by Crippen LogP contribution is 2.52. The summed E-state index contributed by atoms with van der Waals surface area (Å²) in [6.07, 6.45) is 0. The van der Waals surface area contributed by atoms with Crippen LogP contribution < -0.4 is 5.30 Å². The molecule has 0 aliphatic carbocycles. The summed E-state index contributed by atoms with van der Waals surface area (Å²) in [6, 6.07) is 7.47. The van der Waals surface area contributed by atoms with Crippen molar-refractivity contribution in [1.82, 2.24) is 0 Å². The van der Waals surface area contributed by atoms with Crippen molar-refractivity contribution < 1.29 is 13.6 Å². The van der Waals surface area contributed by atoms with Crippen LogP contribution in [-0.4, -0.2) is 6.61 Å². The molecule has 1 aliphatic heterocycles. The summed E-state index contributed by atoms with van der Waals surface area (Å²) in [5.41, 5.74) is 0.972. The molecule has 1 aliphatic rings. The van der Waals surface area contributed by atoms with E-state index in [4.69, 9.17) is 9.05 Å². The van der Waals surface area contributed by atoms with E-state index in [1.807, 2.05) is 25.1 Å². The molecule has 1 aromatic rings. The minimum atomic E-state index is -2.96. The zero-order valence-corrected chi connectivity index (χ0v) is 8.29. The second-order valence-corrected chi connectivity index (χ2v) is 4.81.